The molecule has 7 heteroatoms. The van der Waals surface area contributed by atoms with E-state index in [-0.39, 0.29) is 23.6 Å². The van der Waals surface area contributed by atoms with E-state index < -0.39 is 10.9 Å². The number of nitro benzene ring substituents is 1. The molecule has 1 amide bonds. The summed E-state index contributed by atoms with van der Waals surface area (Å²) >= 11 is 0. The molecule has 7 nitrogen and oxygen atoms in total. The number of nitro groups is 1. The number of carbonyl (C=O) groups excluding carboxylic acids is 1. The molecule has 0 radical (unpaired) electrons. The van der Waals surface area contributed by atoms with Crippen LogP contribution in [0.15, 0.2) is 36.4 Å². The van der Waals surface area contributed by atoms with Crippen molar-refractivity contribution in [2.75, 3.05) is 11.4 Å². The number of amides is 1. The SMILES string of the molecule is Cc1cc2c(cc1[N+](=O)[O-])N(C(=O)CCc1ccc(C(=O)O)cc1)CC2. The summed E-state index contributed by atoms with van der Waals surface area (Å²) < 4.78 is 0. The predicted octanol–water partition coefficient (Wildman–Crippen LogP) is 3.12. The number of anilines is 1. The molecule has 0 unspecified atom stereocenters. The average molecular weight is 354 g/mol. The Morgan fingerprint density at radius 3 is 2.54 bits per heavy atom. The summed E-state index contributed by atoms with van der Waals surface area (Å²) in [4.78, 5) is 35.8. The van der Waals surface area contributed by atoms with E-state index in [1.807, 2.05) is 0 Å². The molecule has 26 heavy (non-hydrogen) atoms. The predicted molar refractivity (Wildman–Crippen MR) is 95.6 cm³/mol. The highest BCUT2D eigenvalue weighted by atomic mass is 16.6. The van der Waals surface area contributed by atoms with Gasteiger partial charge in [0.05, 0.1) is 16.2 Å². The van der Waals surface area contributed by atoms with Crippen LogP contribution in [0.2, 0.25) is 0 Å². The van der Waals surface area contributed by atoms with Crippen molar-refractivity contribution < 1.29 is 19.6 Å². The second-order valence-corrected chi connectivity index (χ2v) is 6.32. The van der Waals surface area contributed by atoms with Gasteiger partial charge in [0.1, 0.15) is 0 Å². The fourth-order valence-corrected chi connectivity index (χ4v) is 3.21. The van der Waals surface area contributed by atoms with E-state index in [2.05, 4.69) is 0 Å². The van der Waals surface area contributed by atoms with Crippen molar-refractivity contribution in [1.82, 2.24) is 0 Å². The lowest BCUT2D eigenvalue weighted by atomic mass is 10.1. The van der Waals surface area contributed by atoms with Crippen molar-refractivity contribution in [2.45, 2.75) is 26.2 Å². The maximum absolute atomic E-state index is 12.6. The van der Waals surface area contributed by atoms with Crippen molar-refractivity contribution in [2.24, 2.45) is 0 Å². The van der Waals surface area contributed by atoms with Gasteiger partial charge in [0.25, 0.3) is 5.69 Å². The first-order valence-corrected chi connectivity index (χ1v) is 8.27. The molecule has 0 bridgehead atoms. The Morgan fingerprint density at radius 2 is 1.92 bits per heavy atom. The minimum absolute atomic E-state index is 0.0210. The zero-order chi connectivity index (χ0) is 18.8. The van der Waals surface area contributed by atoms with Gasteiger partial charge in [-0.15, -0.1) is 0 Å². The van der Waals surface area contributed by atoms with E-state index in [1.165, 1.54) is 18.2 Å². The van der Waals surface area contributed by atoms with E-state index in [0.29, 0.717) is 30.6 Å². The number of carboxylic acid groups (broad SMARTS) is 1. The van der Waals surface area contributed by atoms with Gasteiger partial charge in [-0.1, -0.05) is 12.1 Å². The molecule has 0 saturated heterocycles. The Morgan fingerprint density at radius 1 is 1.23 bits per heavy atom. The average Bonchev–Trinajstić information content (AvgIpc) is 3.01. The van der Waals surface area contributed by atoms with Crippen LogP contribution in [0.5, 0.6) is 0 Å². The Balaban J connectivity index is 1.71. The van der Waals surface area contributed by atoms with E-state index in [1.54, 1.807) is 30.0 Å². The smallest absolute Gasteiger partial charge is 0.335 e. The van der Waals surface area contributed by atoms with Crippen LogP contribution in [0, 0.1) is 17.0 Å². The molecule has 3 rings (SSSR count). The molecule has 1 aliphatic rings. The number of carboxylic acids is 1. The van der Waals surface area contributed by atoms with Crippen LogP contribution in [-0.2, 0) is 17.6 Å². The van der Waals surface area contributed by atoms with Gasteiger partial charge in [0, 0.05) is 24.6 Å². The minimum Gasteiger partial charge on any atom is -0.478 e. The number of nitrogens with zero attached hydrogens (tertiary/aromatic N) is 2. The Bertz CT molecular complexity index is 890. The highest BCUT2D eigenvalue weighted by Crippen LogP contribution is 2.34. The lowest BCUT2D eigenvalue weighted by molar-refractivity contribution is -0.385. The van der Waals surface area contributed by atoms with Gasteiger partial charge in [0.15, 0.2) is 0 Å². The van der Waals surface area contributed by atoms with Crippen LogP contribution in [0.3, 0.4) is 0 Å². The third-order valence-electron chi connectivity index (χ3n) is 4.62. The molecule has 1 heterocycles. The van der Waals surface area contributed by atoms with Gasteiger partial charge in [0.2, 0.25) is 5.91 Å². The molecule has 0 saturated carbocycles. The topological polar surface area (TPSA) is 101 Å². The maximum Gasteiger partial charge on any atom is 0.335 e. The van der Waals surface area contributed by atoms with Crippen LogP contribution in [0.1, 0.15) is 33.5 Å². The van der Waals surface area contributed by atoms with Gasteiger partial charge in [-0.2, -0.15) is 0 Å². The number of rotatable bonds is 5. The normalized spacial score (nSPS) is 12.7. The Kier molecular flexibility index (Phi) is 4.71. The lowest BCUT2D eigenvalue weighted by Gasteiger charge is -2.17. The zero-order valence-electron chi connectivity index (χ0n) is 14.3. The molecule has 2 aromatic carbocycles. The van der Waals surface area contributed by atoms with E-state index >= 15 is 0 Å². The number of fused-ring (bicyclic) bond motifs is 1. The van der Waals surface area contributed by atoms with Crippen molar-refractivity contribution in [3.05, 3.63) is 68.8 Å². The first-order chi connectivity index (χ1) is 12.4. The van der Waals surface area contributed by atoms with Gasteiger partial charge < -0.3 is 10.0 Å². The van der Waals surface area contributed by atoms with Crippen LogP contribution in [-0.4, -0.2) is 28.5 Å². The molecule has 0 spiro atoms. The molecule has 2 aromatic rings. The number of hydrogen-bond acceptors (Lipinski definition) is 4. The fraction of sp³-hybridized carbons (Fsp3) is 0.263. The third-order valence-corrected chi connectivity index (χ3v) is 4.62. The first kappa shape index (κ1) is 17.6. The molecular weight excluding hydrogens is 336 g/mol. The molecular formula is C19H18N2O5. The first-order valence-electron chi connectivity index (χ1n) is 8.27. The largest absolute Gasteiger partial charge is 0.478 e. The molecule has 1 N–H and O–H groups in total. The highest BCUT2D eigenvalue weighted by Gasteiger charge is 2.27. The van der Waals surface area contributed by atoms with Gasteiger partial charge >= 0.3 is 5.97 Å². The Hall–Kier alpha value is -3.22. The van der Waals surface area contributed by atoms with Crippen LogP contribution in [0.25, 0.3) is 0 Å². The monoisotopic (exact) mass is 354 g/mol. The van der Waals surface area contributed by atoms with Crippen molar-refractivity contribution in [1.29, 1.82) is 0 Å². The number of carbonyl (C=O) groups is 2. The molecule has 1 aliphatic heterocycles. The van der Waals surface area contributed by atoms with Crippen molar-refractivity contribution >= 4 is 23.3 Å². The van der Waals surface area contributed by atoms with Crippen LogP contribution in [0.4, 0.5) is 11.4 Å². The highest BCUT2D eigenvalue weighted by molar-refractivity contribution is 5.96. The second kappa shape index (κ2) is 6.95. The summed E-state index contributed by atoms with van der Waals surface area (Å²) in [6.45, 7) is 2.22. The Labute approximate surface area is 150 Å². The lowest BCUT2D eigenvalue weighted by Crippen LogP contribution is -2.29. The summed E-state index contributed by atoms with van der Waals surface area (Å²) in [5.74, 6) is -1.08. The van der Waals surface area contributed by atoms with Crippen LogP contribution < -0.4 is 4.90 Å². The quantitative estimate of drug-likeness (QED) is 0.657. The third kappa shape index (κ3) is 3.42. The van der Waals surface area contributed by atoms with E-state index in [0.717, 1.165) is 11.1 Å². The van der Waals surface area contributed by atoms with Crippen LogP contribution >= 0.6 is 0 Å². The number of aromatic carboxylic acids is 1. The summed E-state index contributed by atoms with van der Waals surface area (Å²) in [6.07, 6.45) is 1.43. The molecule has 134 valence electrons. The van der Waals surface area contributed by atoms with E-state index in [9.17, 15) is 19.7 Å². The summed E-state index contributed by atoms with van der Waals surface area (Å²) in [5, 5.41) is 20.0. The molecule has 0 aromatic heterocycles. The fourth-order valence-electron chi connectivity index (χ4n) is 3.21. The van der Waals surface area contributed by atoms with Gasteiger partial charge in [-0.3, -0.25) is 14.9 Å². The second-order valence-electron chi connectivity index (χ2n) is 6.32. The summed E-state index contributed by atoms with van der Waals surface area (Å²) in [6, 6.07) is 9.69. The van der Waals surface area contributed by atoms with Crippen molar-refractivity contribution in [3.63, 3.8) is 0 Å². The molecule has 0 atom stereocenters. The van der Waals surface area contributed by atoms with Gasteiger partial charge in [-0.05, 0) is 49.1 Å². The van der Waals surface area contributed by atoms with E-state index in [4.69, 9.17) is 5.11 Å². The minimum atomic E-state index is -0.988. The number of benzene rings is 2. The summed E-state index contributed by atoms with van der Waals surface area (Å²) in [7, 11) is 0. The standard InChI is InChI=1S/C19H18N2O5/c1-12-10-15-8-9-20(17(15)11-16(12)21(25)26)18(22)7-4-13-2-5-14(6-3-13)19(23)24/h2-3,5-6,10-11H,4,7-9H2,1H3,(H,23,24). The molecule has 0 aliphatic carbocycles. The van der Waals surface area contributed by atoms with Gasteiger partial charge in [-0.25, -0.2) is 4.79 Å². The van der Waals surface area contributed by atoms with Crippen molar-refractivity contribution in [3.8, 4) is 0 Å². The maximum atomic E-state index is 12.6. The number of hydrogen-bond donors (Lipinski definition) is 1. The zero-order valence-corrected chi connectivity index (χ0v) is 14.3. The number of aryl methyl sites for hydroxylation is 2. The molecule has 0 fully saturated rings. The summed E-state index contributed by atoms with van der Waals surface area (Å²) in [5.41, 5.74) is 3.27.